The highest BCUT2D eigenvalue weighted by Crippen LogP contribution is 2.54. The van der Waals surface area contributed by atoms with Gasteiger partial charge in [-0.25, -0.2) is 5.01 Å². The number of nitrogens with zero attached hydrogens (tertiary/aromatic N) is 2. The van der Waals surface area contributed by atoms with Gasteiger partial charge in [0, 0.05) is 16.5 Å². The lowest BCUT2D eigenvalue weighted by Crippen LogP contribution is -2.55. The number of halogens is 1. The van der Waals surface area contributed by atoms with E-state index in [1.807, 2.05) is 53.5 Å². The van der Waals surface area contributed by atoms with Gasteiger partial charge in [0.25, 0.3) is 5.91 Å². The fraction of sp³-hybridized carbons (Fsp3) is 0.111. The van der Waals surface area contributed by atoms with E-state index < -0.39 is 5.72 Å². The number of rotatable bonds is 1. The minimum Gasteiger partial charge on any atom is -0.453 e. The Kier molecular flexibility index (Phi) is 3.82. The fourth-order valence-electron chi connectivity index (χ4n) is 5.21. The number of nitrogens with one attached hydrogen (secondary N) is 1. The van der Waals surface area contributed by atoms with Gasteiger partial charge in [0.15, 0.2) is 0 Å². The molecule has 0 aromatic heterocycles. The van der Waals surface area contributed by atoms with Crippen LogP contribution in [0.1, 0.15) is 29.2 Å². The van der Waals surface area contributed by atoms with Crippen LogP contribution in [0, 0.1) is 0 Å². The summed E-state index contributed by atoms with van der Waals surface area (Å²) < 4.78 is 7.50. The quantitative estimate of drug-likeness (QED) is 0.354. The molecule has 5 nitrogen and oxygen atoms in total. The zero-order valence-electron chi connectivity index (χ0n) is 17.5. The number of ether oxygens (including phenoxy) is 1. The topological polar surface area (TPSA) is 53.9 Å². The molecular weight excluding hydrogens is 478 g/mol. The van der Waals surface area contributed by atoms with Crippen molar-refractivity contribution in [2.75, 3.05) is 5.32 Å². The Morgan fingerprint density at radius 3 is 2.70 bits per heavy atom. The number of hydrazone groups is 1. The molecule has 4 aromatic rings. The number of benzene rings is 4. The number of carbonyl (C=O) groups excluding carboxylic acids is 1. The van der Waals surface area contributed by atoms with Crippen LogP contribution in [0.3, 0.4) is 0 Å². The standard InChI is InChI=1S/C27H18BrN3O2/c28-19-11-12-25-20(14-19)24-15-23(18-10-9-16-5-1-2-6-17(16)13-18)30-31(24)27(33-25)21-7-3-4-8-22(21)29-26(27)32/h1-14,24H,15H2,(H,29,32). The summed E-state index contributed by atoms with van der Waals surface area (Å²) in [6.45, 7) is 0. The van der Waals surface area contributed by atoms with Crippen molar-refractivity contribution in [2.24, 2.45) is 5.10 Å². The maximum atomic E-state index is 13.5. The van der Waals surface area contributed by atoms with E-state index in [1.165, 1.54) is 10.8 Å². The molecular formula is C27H18BrN3O2. The Bertz CT molecular complexity index is 1510. The van der Waals surface area contributed by atoms with Gasteiger partial charge in [0.1, 0.15) is 5.75 Å². The lowest BCUT2D eigenvalue weighted by atomic mass is 9.92. The molecule has 0 fully saturated rings. The van der Waals surface area contributed by atoms with Crippen LogP contribution in [0.5, 0.6) is 5.75 Å². The summed E-state index contributed by atoms with van der Waals surface area (Å²) in [4.78, 5) is 13.5. The first-order valence-electron chi connectivity index (χ1n) is 10.9. The molecule has 2 unspecified atom stereocenters. The van der Waals surface area contributed by atoms with Crippen LogP contribution in [0.15, 0.2) is 94.5 Å². The third-order valence-electron chi connectivity index (χ3n) is 6.75. The summed E-state index contributed by atoms with van der Waals surface area (Å²) in [6.07, 6.45) is 0.683. The Labute approximate surface area is 198 Å². The van der Waals surface area contributed by atoms with Gasteiger partial charge in [-0.2, -0.15) is 5.10 Å². The van der Waals surface area contributed by atoms with Gasteiger partial charge in [0.05, 0.1) is 23.0 Å². The van der Waals surface area contributed by atoms with E-state index in [1.54, 1.807) is 0 Å². The Morgan fingerprint density at radius 2 is 1.79 bits per heavy atom. The van der Waals surface area contributed by atoms with Gasteiger partial charge in [-0.15, -0.1) is 0 Å². The first-order chi connectivity index (χ1) is 16.1. The highest BCUT2D eigenvalue weighted by atomic mass is 79.9. The average Bonchev–Trinajstić information content (AvgIpc) is 3.40. The molecule has 2 atom stereocenters. The smallest absolute Gasteiger partial charge is 0.306 e. The van der Waals surface area contributed by atoms with Crippen LogP contribution in [-0.2, 0) is 10.5 Å². The zero-order valence-corrected chi connectivity index (χ0v) is 19.0. The zero-order chi connectivity index (χ0) is 22.2. The second kappa shape index (κ2) is 6.68. The molecule has 3 heterocycles. The van der Waals surface area contributed by atoms with Gasteiger partial charge in [-0.3, -0.25) is 4.79 Å². The number of fused-ring (bicyclic) bond motifs is 7. The number of hydrogen-bond acceptors (Lipinski definition) is 4. The molecule has 1 amide bonds. The third kappa shape index (κ3) is 2.58. The van der Waals surface area contributed by atoms with Gasteiger partial charge in [-0.1, -0.05) is 70.5 Å². The molecule has 0 aliphatic carbocycles. The molecule has 160 valence electrons. The summed E-state index contributed by atoms with van der Waals surface area (Å²) in [5.41, 5.74) is 3.24. The average molecular weight is 496 g/mol. The van der Waals surface area contributed by atoms with E-state index in [9.17, 15) is 4.79 Å². The maximum Gasteiger partial charge on any atom is 0.306 e. The SMILES string of the molecule is O=C1Nc2ccccc2C12Oc1ccc(Br)cc1C1CC(c3ccc4ccccc4c3)=NN12. The van der Waals surface area contributed by atoms with Crippen molar-refractivity contribution < 1.29 is 9.53 Å². The molecule has 0 bridgehead atoms. The fourth-order valence-corrected chi connectivity index (χ4v) is 5.59. The normalized spacial score (nSPS) is 22.5. The first-order valence-corrected chi connectivity index (χ1v) is 11.7. The number of para-hydroxylation sites is 1. The van der Waals surface area contributed by atoms with Crippen LogP contribution < -0.4 is 10.1 Å². The van der Waals surface area contributed by atoms with Crippen molar-refractivity contribution in [3.8, 4) is 5.75 Å². The van der Waals surface area contributed by atoms with Crippen molar-refractivity contribution >= 4 is 44.0 Å². The van der Waals surface area contributed by atoms with E-state index in [-0.39, 0.29) is 11.9 Å². The maximum absolute atomic E-state index is 13.5. The third-order valence-corrected chi connectivity index (χ3v) is 7.25. The van der Waals surface area contributed by atoms with E-state index >= 15 is 0 Å². The van der Waals surface area contributed by atoms with Gasteiger partial charge in [0.2, 0.25) is 0 Å². The summed E-state index contributed by atoms with van der Waals surface area (Å²) in [6, 6.07) is 28.2. The summed E-state index contributed by atoms with van der Waals surface area (Å²) in [5, 5.41) is 12.3. The van der Waals surface area contributed by atoms with Gasteiger partial charge in [-0.05, 0) is 46.7 Å². The van der Waals surface area contributed by atoms with E-state index in [0.29, 0.717) is 12.2 Å². The lowest BCUT2D eigenvalue weighted by molar-refractivity contribution is -0.161. The largest absolute Gasteiger partial charge is 0.453 e. The second-order valence-electron chi connectivity index (χ2n) is 8.60. The number of carbonyl (C=O) groups is 1. The van der Waals surface area contributed by atoms with E-state index in [0.717, 1.165) is 32.6 Å². The highest BCUT2D eigenvalue weighted by Gasteiger charge is 2.60. The van der Waals surface area contributed by atoms with Crippen molar-refractivity contribution in [3.63, 3.8) is 0 Å². The molecule has 0 saturated carbocycles. The molecule has 1 spiro atoms. The van der Waals surface area contributed by atoms with Crippen molar-refractivity contribution in [1.29, 1.82) is 0 Å². The summed E-state index contributed by atoms with van der Waals surface area (Å²) in [5.74, 6) is 0.493. The van der Waals surface area contributed by atoms with Crippen LogP contribution >= 0.6 is 15.9 Å². The number of anilines is 1. The van der Waals surface area contributed by atoms with Crippen LogP contribution in [0.25, 0.3) is 10.8 Å². The Balaban J connectivity index is 1.43. The Morgan fingerprint density at radius 1 is 0.970 bits per heavy atom. The first kappa shape index (κ1) is 18.9. The molecule has 7 rings (SSSR count). The minimum absolute atomic E-state index is 0.121. The van der Waals surface area contributed by atoms with Crippen LogP contribution in [0.2, 0.25) is 0 Å². The van der Waals surface area contributed by atoms with Crippen molar-refractivity contribution in [1.82, 2.24) is 5.01 Å². The molecule has 33 heavy (non-hydrogen) atoms. The monoisotopic (exact) mass is 495 g/mol. The summed E-state index contributed by atoms with van der Waals surface area (Å²) in [7, 11) is 0. The molecule has 0 saturated heterocycles. The molecule has 4 aromatic carbocycles. The second-order valence-corrected chi connectivity index (χ2v) is 9.52. The minimum atomic E-state index is -1.33. The van der Waals surface area contributed by atoms with Crippen molar-refractivity contribution in [3.05, 3.63) is 106 Å². The highest BCUT2D eigenvalue weighted by molar-refractivity contribution is 9.10. The molecule has 0 radical (unpaired) electrons. The number of amides is 1. The van der Waals surface area contributed by atoms with E-state index in [2.05, 4.69) is 57.6 Å². The molecule has 3 aliphatic heterocycles. The predicted octanol–water partition coefficient (Wildman–Crippen LogP) is 5.95. The number of hydrogen-bond donors (Lipinski definition) is 1. The Hall–Kier alpha value is -3.64. The predicted molar refractivity (Wildman–Crippen MR) is 131 cm³/mol. The van der Waals surface area contributed by atoms with Crippen LogP contribution in [-0.4, -0.2) is 16.6 Å². The van der Waals surface area contributed by atoms with Crippen LogP contribution in [0.4, 0.5) is 5.69 Å². The molecule has 3 aliphatic rings. The van der Waals surface area contributed by atoms with E-state index in [4.69, 9.17) is 9.84 Å². The van der Waals surface area contributed by atoms with Gasteiger partial charge >= 0.3 is 5.72 Å². The van der Waals surface area contributed by atoms with Gasteiger partial charge < -0.3 is 10.1 Å². The molecule has 1 N–H and O–H groups in total. The lowest BCUT2D eigenvalue weighted by Gasteiger charge is -2.44. The summed E-state index contributed by atoms with van der Waals surface area (Å²) >= 11 is 3.60. The van der Waals surface area contributed by atoms with Crippen molar-refractivity contribution in [2.45, 2.75) is 18.2 Å². The molecule has 6 heteroatoms.